The van der Waals surface area contributed by atoms with E-state index in [0.29, 0.717) is 49.2 Å². The van der Waals surface area contributed by atoms with Gasteiger partial charge < -0.3 is 15.4 Å². The van der Waals surface area contributed by atoms with Gasteiger partial charge in [0.1, 0.15) is 0 Å². The Morgan fingerprint density at radius 2 is 1.95 bits per heavy atom. The number of nitrogens with zero attached hydrogens (tertiary/aromatic N) is 1. The quantitative estimate of drug-likeness (QED) is 0.888. The van der Waals surface area contributed by atoms with Gasteiger partial charge in [-0.2, -0.15) is 0 Å². The van der Waals surface area contributed by atoms with E-state index >= 15 is 0 Å². The average Bonchev–Trinajstić information content (AvgIpc) is 2.48. The molecule has 1 aliphatic rings. The molecule has 22 heavy (non-hydrogen) atoms. The molecule has 2 rings (SSSR count). The lowest BCUT2D eigenvalue weighted by Gasteiger charge is -2.36. The third-order valence-electron chi connectivity index (χ3n) is 3.84. The monoisotopic (exact) mass is 366 g/mol. The maximum absolute atomic E-state index is 12.7. The fourth-order valence-electron chi connectivity index (χ4n) is 2.45. The summed E-state index contributed by atoms with van der Waals surface area (Å²) >= 11 is 11.9. The molecule has 1 saturated heterocycles. The second-order valence-corrected chi connectivity index (χ2v) is 6.15. The van der Waals surface area contributed by atoms with Gasteiger partial charge in [0.15, 0.2) is 0 Å². The second kappa shape index (κ2) is 8.37. The van der Waals surface area contributed by atoms with Gasteiger partial charge in [-0.25, -0.2) is 0 Å². The molecule has 124 valence electrons. The van der Waals surface area contributed by atoms with Crippen LogP contribution in [0, 0.1) is 0 Å². The highest BCUT2D eigenvalue weighted by Gasteiger charge is 2.38. The summed E-state index contributed by atoms with van der Waals surface area (Å²) in [7, 11) is 0. The van der Waals surface area contributed by atoms with Gasteiger partial charge in [-0.1, -0.05) is 29.3 Å². The number of benzene rings is 1. The zero-order chi connectivity index (χ0) is 15.5. The number of carbonyl (C=O) groups is 1. The van der Waals surface area contributed by atoms with E-state index in [1.54, 1.807) is 17.0 Å². The van der Waals surface area contributed by atoms with Crippen LogP contribution in [0.25, 0.3) is 0 Å². The van der Waals surface area contributed by atoms with Gasteiger partial charge in [0.2, 0.25) is 5.91 Å². The van der Waals surface area contributed by atoms with Gasteiger partial charge in [0, 0.05) is 26.3 Å². The van der Waals surface area contributed by atoms with Gasteiger partial charge >= 0.3 is 0 Å². The zero-order valence-corrected chi connectivity index (χ0v) is 14.8. The van der Waals surface area contributed by atoms with Crippen molar-refractivity contribution in [1.29, 1.82) is 0 Å². The molecule has 0 unspecified atom stereocenters. The molecule has 7 heteroatoms. The topological polar surface area (TPSA) is 55.6 Å². The predicted molar refractivity (Wildman–Crippen MR) is 91.8 cm³/mol. The van der Waals surface area contributed by atoms with E-state index < -0.39 is 5.54 Å². The van der Waals surface area contributed by atoms with Crippen molar-refractivity contribution in [3.8, 4) is 0 Å². The van der Waals surface area contributed by atoms with Gasteiger partial charge in [0.05, 0.1) is 15.6 Å². The van der Waals surface area contributed by atoms with E-state index in [1.807, 2.05) is 13.0 Å². The van der Waals surface area contributed by atoms with Crippen LogP contribution >= 0.6 is 35.6 Å². The van der Waals surface area contributed by atoms with E-state index in [1.165, 1.54) is 0 Å². The van der Waals surface area contributed by atoms with Crippen LogP contribution in [0.15, 0.2) is 18.2 Å². The predicted octanol–water partition coefficient (Wildman–Crippen LogP) is 3.27. The van der Waals surface area contributed by atoms with Gasteiger partial charge in [-0.05, 0) is 37.5 Å². The molecule has 1 amide bonds. The average molecular weight is 368 g/mol. The number of rotatable bonds is 4. The summed E-state index contributed by atoms with van der Waals surface area (Å²) in [6.45, 7) is 4.09. The molecule has 1 heterocycles. The summed E-state index contributed by atoms with van der Waals surface area (Å²) in [6, 6.07) is 5.40. The molecule has 1 aliphatic heterocycles. The Morgan fingerprint density at radius 1 is 1.32 bits per heavy atom. The highest BCUT2D eigenvalue weighted by Crippen LogP contribution is 2.25. The van der Waals surface area contributed by atoms with E-state index in [-0.39, 0.29) is 18.3 Å². The first-order valence-corrected chi connectivity index (χ1v) is 7.82. The lowest BCUT2D eigenvalue weighted by molar-refractivity contribution is -0.141. The summed E-state index contributed by atoms with van der Waals surface area (Å²) in [5.41, 5.74) is 6.39. The molecule has 0 aliphatic carbocycles. The van der Waals surface area contributed by atoms with Crippen LogP contribution in [0.4, 0.5) is 0 Å². The summed E-state index contributed by atoms with van der Waals surface area (Å²) in [6.07, 6.45) is 1.12. The summed E-state index contributed by atoms with van der Waals surface area (Å²) in [4.78, 5) is 14.4. The van der Waals surface area contributed by atoms with Gasteiger partial charge in [-0.3, -0.25) is 4.79 Å². The molecule has 4 nitrogen and oxygen atoms in total. The molecular formula is C15H21Cl3N2O2. The number of carbonyl (C=O) groups excluding carboxylic acids is 1. The van der Waals surface area contributed by atoms with Crippen LogP contribution < -0.4 is 5.73 Å². The van der Waals surface area contributed by atoms with Crippen molar-refractivity contribution in [2.75, 3.05) is 19.8 Å². The highest BCUT2D eigenvalue weighted by molar-refractivity contribution is 6.42. The third kappa shape index (κ3) is 4.49. The molecule has 1 aromatic rings. The molecule has 1 aromatic carbocycles. The number of likely N-dealkylation sites (N-methyl/N-ethyl adjacent to an activating group) is 1. The van der Waals surface area contributed by atoms with Crippen LogP contribution in [0.5, 0.6) is 0 Å². The fraction of sp³-hybridized carbons (Fsp3) is 0.533. The Morgan fingerprint density at radius 3 is 2.50 bits per heavy atom. The van der Waals surface area contributed by atoms with Gasteiger partial charge in [-0.15, -0.1) is 12.4 Å². The van der Waals surface area contributed by atoms with Crippen LogP contribution in [-0.4, -0.2) is 36.1 Å². The van der Waals surface area contributed by atoms with E-state index in [0.717, 1.165) is 5.56 Å². The Labute approximate surface area is 147 Å². The molecule has 0 saturated carbocycles. The van der Waals surface area contributed by atoms with E-state index in [4.69, 9.17) is 33.7 Å². The minimum atomic E-state index is -0.815. The molecule has 0 bridgehead atoms. The number of amides is 1. The standard InChI is InChI=1S/C15H20Cl2N2O2.ClH/c1-2-19(10-11-3-4-12(16)13(17)9-11)14(20)15(18)5-7-21-8-6-15;/h3-4,9H,2,5-8,10,18H2,1H3;1H. The molecule has 2 N–H and O–H groups in total. The van der Waals surface area contributed by atoms with Crippen LogP contribution in [0.2, 0.25) is 10.0 Å². The minimum Gasteiger partial charge on any atom is -0.381 e. The molecule has 0 radical (unpaired) electrons. The van der Waals surface area contributed by atoms with Gasteiger partial charge in [0.25, 0.3) is 0 Å². The van der Waals surface area contributed by atoms with Crippen molar-refractivity contribution in [1.82, 2.24) is 4.90 Å². The molecule has 1 fully saturated rings. The first kappa shape index (κ1) is 19.5. The summed E-state index contributed by atoms with van der Waals surface area (Å²) in [5, 5.41) is 1.00. The maximum atomic E-state index is 12.7. The van der Waals surface area contributed by atoms with Crippen molar-refractivity contribution < 1.29 is 9.53 Å². The largest absolute Gasteiger partial charge is 0.381 e. The number of halogens is 3. The molecule has 0 spiro atoms. The van der Waals surface area contributed by atoms with Crippen molar-refractivity contribution in [2.24, 2.45) is 5.73 Å². The Kier molecular flexibility index (Phi) is 7.42. The maximum Gasteiger partial charge on any atom is 0.243 e. The SMILES string of the molecule is CCN(Cc1ccc(Cl)c(Cl)c1)C(=O)C1(N)CCOCC1.Cl. The second-order valence-electron chi connectivity index (χ2n) is 5.34. The molecule has 0 aromatic heterocycles. The zero-order valence-electron chi connectivity index (χ0n) is 12.5. The smallest absolute Gasteiger partial charge is 0.243 e. The van der Waals surface area contributed by atoms with Crippen molar-refractivity contribution in [3.63, 3.8) is 0 Å². The molecular weight excluding hydrogens is 347 g/mol. The number of hydrogen-bond acceptors (Lipinski definition) is 3. The fourth-order valence-corrected chi connectivity index (χ4v) is 2.77. The number of nitrogens with two attached hydrogens (primary N) is 1. The van der Waals surface area contributed by atoms with Crippen LogP contribution in [0.1, 0.15) is 25.3 Å². The minimum absolute atomic E-state index is 0. The molecule has 0 atom stereocenters. The van der Waals surface area contributed by atoms with Crippen LogP contribution in [-0.2, 0) is 16.1 Å². The number of ether oxygens (including phenoxy) is 1. The highest BCUT2D eigenvalue weighted by atomic mass is 35.5. The van der Waals surface area contributed by atoms with E-state index in [2.05, 4.69) is 0 Å². The lowest BCUT2D eigenvalue weighted by atomic mass is 9.89. The van der Waals surface area contributed by atoms with Crippen molar-refractivity contribution in [2.45, 2.75) is 31.8 Å². The Balaban J connectivity index is 0.00000242. The number of hydrogen-bond donors (Lipinski definition) is 1. The Bertz CT molecular complexity index is 520. The Hall–Kier alpha value is -0.520. The summed E-state index contributed by atoms with van der Waals surface area (Å²) < 4.78 is 5.29. The summed E-state index contributed by atoms with van der Waals surface area (Å²) in [5.74, 6) is -0.0284. The first-order chi connectivity index (χ1) is 9.96. The normalized spacial score (nSPS) is 16.7. The van der Waals surface area contributed by atoms with Crippen LogP contribution in [0.3, 0.4) is 0 Å². The lowest BCUT2D eigenvalue weighted by Crippen LogP contribution is -2.57. The van der Waals surface area contributed by atoms with Crippen molar-refractivity contribution in [3.05, 3.63) is 33.8 Å². The van der Waals surface area contributed by atoms with E-state index in [9.17, 15) is 4.79 Å². The third-order valence-corrected chi connectivity index (χ3v) is 4.58. The first-order valence-electron chi connectivity index (χ1n) is 7.06. The van der Waals surface area contributed by atoms with Crippen molar-refractivity contribution >= 4 is 41.5 Å².